The molecule has 0 radical (unpaired) electrons. The first-order chi connectivity index (χ1) is 14.8. The number of urea groups is 1. The zero-order chi connectivity index (χ0) is 25.4. The van der Waals surface area contributed by atoms with Crippen LogP contribution in [-0.2, 0) is 6.18 Å². The van der Waals surface area contributed by atoms with E-state index in [2.05, 4.69) is 39.3 Å². The zero-order valence-electron chi connectivity index (χ0n) is 21.0. The number of para-hydroxylation sites is 2. The number of hydrogen-bond acceptors (Lipinski definition) is 2. The van der Waals surface area contributed by atoms with Crippen molar-refractivity contribution in [3.8, 4) is 0 Å². The number of amides is 2. The van der Waals surface area contributed by atoms with E-state index in [9.17, 15) is 18.0 Å². The Hall–Kier alpha value is -1.50. The van der Waals surface area contributed by atoms with Gasteiger partial charge in [0.15, 0.2) is 16.5 Å². The van der Waals surface area contributed by atoms with Crippen LogP contribution in [0.3, 0.4) is 0 Å². The fourth-order valence-corrected chi connectivity index (χ4v) is 10.5. The number of benzene rings is 2. The molecule has 0 aliphatic carbocycles. The highest BCUT2D eigenvalue weighted by Crippen LogP contribution is 2.42. The lowest BCUT2D eigenvalue weighted by Gasteiger charge is -2.44. The molecule has 3 nitrogen and oxygen atoms in total. The summed E-state index contributed by atoms with van der Waals surface area (Å²) in [5, 5.41) is 0. The van der Waals surface area contributed by atoms with Crippen LogP contribution in [0.1, 0.15) is 5.56 Å². The minimum Gasteiger partial charge on any atom is -0.323 e. The fourth-order valence-electron chi connectivity index (χ4n) is 3.57. The zero-order valence-corrected chi connectivity index (χ0v) is 24.8. The van der Waals surface area contributed by atoms with Crippen molar-refractivity contribution in [2.75, 3.05) is 9.13 Å². The van der Waals surface area contributed by atoms with E-state index in [1.54, 1.807) is 21.8 Å². The third kappa shape index (κ3) is 7.00. The van der Waals surface area contributed by atoms with E-state index in [0.29, 0.717) is 0 Å². The highest BCUT2D eigenvalue weighted by molar-refractivity contribution is 8.28. The molecular formula is C23H35F3N2OSSi3. The van der Waals surface area contributed by atoms with Crippen molar-refractivity contribution in [3.05, 3.63) is 54.1 Å². The maximum Gasteiger partial charge on any atom is 0.418 e. The van der Waals surface area contributed by atoms with E-state index in [1.807, 2.05) is 43.9 Å². The second kappa shape index (κ2) is 9.63. The molecule has 0 aromatic heterocycles. The maximum atomic E-state index is 14.3. The SMILES string of the molecule is C[Si](C)(C)Sc1ccccc1N(C(=O)N(c1ccccc1C(F)(F)F)[Si](C)(C)C)[Si](C)(C)C. The summed E-state index contributed by atoms with van der Waals surface area (Å²) in [7, 11) is -6.51. The van der Waals surface area contributed by atoms with Gasteiger partial charge in [-0.25, -0.2) is 4.79 Å². The third-order valence-electron chi connectivity index (χ3n) is 4.70. The Morgan fingerprint density at radius 2 is 1.15 bits per heavy atom. The van der Waals surface area contributed by atoms with Crippen molar-refractivity contribution < 1.29 is 18.0 Å². The number of rotatable bonds is 6. The predicted octanol–water partition coefficient (Wildman–Crippen LogP) is 8.74. The largest absolute Gasteiger partial charge is 0.418 e. The first-order valence-electron chi connectivity index (χ1n) is 10.9. The lowest BCUT2D eigenvalue weighted by molar-refractivity contribution is -0.137. The number of anilines is 2. The Morgan fingerprint density at radius 3 is 1.61 bits per heavy atom. The van der Waals surface area contributed by atoms with Gasteiger partial charge in [0.25, 0.3) is 0 Å². The van der Waals surface area contributed by atoms with Crippen molar-refractivity contribution in [3.63, 3.8) is 0 Å². The van der Waals surface area contributed by atoms with E-state index >= 15 is 0 Å². The van der Waals surface area contributed by atoms with Gasteiger partial charge in [-0.1, -0.05) is 83.2 Å². The van der Waals surface area contributed by atoms with Crippen molar-refractivity contribution in [2.24, 2.45) is 0 Å². The summed E-state index contributed by atoms with van der Waals surface area (Å²) in [5.41, 5.74) is -0.0457. The standard InChI is InChI=1S/C23H35F3N2OSSi3/c1-31(2,3)27(19-15-11-10-14-18(19)23(24,25)26)22(29)28(32(4,5)6)20-16-12-13-17-21(20)30-33(7,8)9/h10-17H,1-9H3. The smallest absolute Gasteiger partial charge is 0.323 e. The molecule has 0 heterocycles. The van der Waals surface area contributed by atoms with Gasteiger partial charge in [-0.2, -0.15) is 13.2 Å². The van der Waals surface area contributed by atoms with E-state index in [-0.39, 0.29) is 11.7 Å². The molecule has 0 aliphatic rings. The van der Waals surface area contributed by atoms with Gasteiger partial charge >= 0.3 is 12.2 Å². The first kappa shape index (κ1) is 27.7. The summed E-state index contributed by atoms with van der Waals surface area (Å²) in [6, 6.07) is 12.8. The van der Waals surface area contributed by atoms with Crippen LogP contribution in [-0.4, -0.2) is 29.7 Å². The van der Waals surface area contributed by atoms with Gasteiger partial charge < -0.3 is 9.13 Å². The molecule has 0 N–H and O–H groups in total. The summed E-state index contributed by atoms with van der Waals surface area (Å²) >= 11 is 1.79. The normalized spacial score (nSPS) is 13.1. The lowest BCUT2D eigenvalue weighted by Crippen LogP contribution is -2.62. The molecule has 2 aromatic rings. The first-order valence-corrected chi connectivity index (χ1v) is 22.9. The van der Waals surface area contributed by atoms with Gasteiger partial charge in [0.2, 0.25) is 0 Å². The topological polar surface area (TPSA) is 23.6 Å². The number of carbonyl (C=O) groups excluding carboxylic acids is 1. The quantitative estimate of drug-likeness (QED) is 0.350. The van der Waals surface area contributed by atoms with E-state index < -0.39 is 35.4 Å². The van der Waals surface area contributed by atoms with Crippen LogP contribution >= 0.6 is 11.2 Å². The van der Waals surface area contributed by atoms with Gasteiger partial charge in [0.05, 0.1) is 5.56 Å². The molecule has 0 atom stereocenters. The molecule has 2 aromatic carbocycles. The maximum absolute atomic E-state index is 14.3. The average molecular weight is 529 g/mol. The van der Waals surface area contributed by atoms with E-state index in [1.165, 1.54) is 16.7 Å². The monoisotopic (exact) mass is 528 g/mol. The Labute approximate surface area is 203 Å². The second-order valence-electron chi connectivity index (χ2n) is 11.0. The van der Waals surface area contributed by atoms with Crippen LogP contribution in [0.5, 0.6) is 0 Å². The Balaban J connectivity index is 2.76. The summed E-state index contributed by atoms with van der Waals surface area (Å²) in [6.45, 7) is 18.6. The Bertz CT molecular complexity index is 996. The molecule has 0 saturated carbocycles. The molecule has 0 bridgehead atoms. The molecule has 182 valence electrons. The number of carbonyl (C=O) groups is 1. The summed E-state index contributed by atoms with van der Waals surface area (Å²) < 4.78 is 45.1. The predicted molar refractivity (Wildman–Crippen MR) is 144 cm³/mol. The number of alkyl halides is 3. The van der Waals surface area contributed by atoms with Crippen molar-refractivity contribution in [2.45, 2.75) is 70.0 Å². The number of nitrogens with zero attached hydrogens (tertiary/aromatic N) is 2. The molecule has 0 spiro atoms. The molecular weight excluding hydrogens is 494 g/mol. The van der Waals surface area contributed by atoms with E-state index in [0.717, 1.165) is 16.6 Å². The number of hydrogen-bond donors (Lipinski definition) is 0. The molecule has 10 heteroatoms. The van der Waals surface area contributed by atoms with Crippen LogP contribution in [0.15, 0.2) is 53.4 Å². The van der Waals surface area contributed by atoms with Crippen molar-refractivity contribution >= 4 is 52.3 Å². The van der Waals surface area contributed by atoms with Crippen LogP contribution in [0.4, 0.5) is 29.3 Å². The summed E-state index contributed by atoms with van der Waals surface area (Å²) in [6.07, 6.45) is -4.55. The van der Waals surface area contributed by atoms with Gasteiger partial charge in [0.1, 0.15) is 7.22 Å². The van der Waals surface area contributed by atoms with Gasteiger partial charge in [-0.05, 0) is 24.3 Å². The van der Waals surface area contributed by atoms with Crippen LogP contribution in [0.25, 0.3) is 0 Å². The molecule has 0 saturated heterocycles. The molecule has 2 amide bonds. The third-order valence-corrected chi connectivity index (χ3v) is 11.9. The summed E-state index contributed by atoms with van der Waals surface area (Å²) in [4.78, 5) is 15.3. The van der Waals surface area contributed by atoms with Crippen LogP contribution < -0.4 is 9.13 Å². The van der Waals surface area contributed by atoms with Crippen molar-refractivity contribution in [1.82, 2.24) is 0 Å². The van der Waals surface area contributed by atoms with Gasteiger partial charge in [-0.15, -0.1) is 11.2 Å². The lowest BCUT2D eigenvalue weighted by atomic mass is 10.1. The molecule has 0 fully saturated rings. The molecule has 2 rings (SSSR count). The van der Waals surface area contributed by atoms with Crippen LogP contribution in [0, 0.1) is 0 Å². The van der Waals surface area contributed by atoms with Crippen LogP contribution in [0.2, 0.25) is 58.9 Å². The number of halogens is 3. The van der Waals surface area contributed by atoms with Gasteiger partial charge in [-0.3, -0.25) is 0 Å². The average Bonchev–Trinajstić information content (AvgIpc) is 2.59. The van der Waals surface area contributed by atoms with Gasteiger partial charge in [0, 0.05) is 16.3 Å². The molecule has 0 aliphatic heterocycles. The van der Waals surface area contributed by atoms with E-state index in [4.69, 9.17) is 0 Å². The minimum atomic E-state index is -4.55. The minimum absolute atomic E-state index is 0.0623. The summed E-state index contributed by atoms with van der Waals surface area (Å²) in [5.74, 6) is 0. The highest BCUT2D eigenvalue weighted by Gasteiger charge is 2.43. The molecule has 0 unspecified atom stereocenters. The highest BCUT2D eigenvalue weighted by atomic mass is 32.4. The Kier molecular flexibility index (Phi) is 8.10. The Morgan fingerprint density at radius 1 is 0.727 bits per heavy atom. The van der Waals surface area contributed by atoms with Crippen molar-refractivity contribution in [1.29, 1.82) is 0 Å². The second-order valence-corrected chi connectivity index (χ2v) is 29.7. The fraction of sp³-hybridized carbons (Fsp3) is 0.435. The molecule has 33 heavy (non-hydrogen) atoms.